The molecule has 0 bridgehead atoms. The highest BCUT2D eigenvalue weighted by atomic mass is 16.3. The molecule has 1 N–H and O–H groups in total. The van der Waals surface area contributed by atoms with Crippen LogP contribution >= 0.6 is 0 Å². The number of aliphatic hydroxyl groups excluding tert-OH is 1. The summed E-state index contributed by atoms with van der Waals surface area (Å²) in [6, 6.07) is 4.54. The molecule has 2 aliphatic rings. The average molecular weight is 261 g/mol. The summed E-state index contributed by atoms with van der Waals surface area (Å²) in [5.41, 5.74) is 0.946. The molecule has 1 aromatic heterocycles. The van der Waals surface area contributed by atoms with Crippen molar-refractivity contribution in [3.63, 3.8) is 0 Å². The van der Waals surface area contributed by atoms with Gasteiger partial charge in [0.25, 0.3) is 0 Å². The Kier molecular flexibility index (Phi) is 3.99. The topological polar surface area (TPSA) is 39.6 Å². The van der Waals surface area contributed by atoms with Gasteiger partial charge in [0.2, 0.25) is 0 Å². The van der Waals surface area contributed by atoms with Crippen molar-refractivity contribution < 1.29 is 5.11 Å². The Labute approximate surface area is 115 Å². The van der Waals surface area contributed by atoms with Crippen molar-refractivity contribution in [1.82, 2.24) is 9.88 Å². The number of likely N-dealkylation sites (tertiary alicyclic amines) is 1. The van der Waals surface area contributed by atoms with Gasteiger partial charge in [-0.1, -0.05) is 12.5 Å². The van der Waals surface area contributed by atoms with E-state index in [1.165, 1.54) is 38.8 Å². The molecular formula is C15H23N3O. The van der Waals surface area contributed by atoms with Gasteiger partial charge >= 0.3 is 0 Å². The summed E-state index contributed by atoms with van der Waals surface area (Å²) in [5, 5.41) is 9.42. The minimum absolute atomic E-state index is 0.0774. The standard InChI is InChI=1S/C15H23N3O/c19-12-13-5-4-7-16-15(13)18-10-6-14(11-18)17-8-2-1-3-9-17/h4-5,7,14,19H,1-3,6,8-12H2. The number of rotatable bonds is 3. The number of aromatic nitrogens is 1. The van der Waals surface area contributed by atoms with Crippen LogP contribution in [-0.4, -0.2) is 47.2 Å². The Bertz CT molecular complexity index is 418. The third kappa shape index (κ3) is 2.74. The quantitative estimate of drug-likeness (QED) is 0.898. The maximum atomic E-state index is 9.42. The third-order valence-corrected chi connectivity index (χ3v) is 4.41. The minimum Gasteiger partial charge on any atom is -0.392 e. The first-order valence-electron chi connectivity index (χ1n) is 7.42. The van der Waals surface area contributed by atoms with Gasteiger partial charge in [0, 0.05) is 30.9 Å². The molecule has 2 aliphatic heterocycles. The largest absolute Gasteiger partial charge is 0.392 e. The molecule has 1 aromatic rings. The van der Waals surface area contributed by atoms with Crippen molar-refractivity contribution in [2.75, 3.05) is 31.1 Å². The molecule has 0 amide bonds. The molecule has 0 radical (unpaired) electrons. The van der Waals surface area contributed by atoms with Crippen molar-refractivity contribution in [3.05, 3.63) is 23.9 Å². The number of nitrogens with zero attached hydrogens (tertiary/aromatic N) is 3. The molecule has 2 fully saturated rings. The van der Waals surface area contributed by atoms with Crippen LogP contribution in [0.1, 0.15) is 31.2 Å². The van der Waals surface area contributed by atoms with Crippen LogP contribution in [0.15, 0.2) is 18.3 Å². The first kappa shape index (κ1) is 12.9. The second-order valence-electron chi connectivity index (χ2n) is 5.63. The molecule has 0 aromatic carbocycles. The smallest absolute Gasteiger partial charge is 0.134 e. The Morgan fingerprint density at radius 2 is 2.05 bits per heavy atom. The molecule has 3 rings (SSSR count). The van der Waals surface area contributed by atoms with E-state index in [0.29, 0.717) is 6.04 Å². The fourth-order valence-electron chi connectivity index (χ4n) is 3.35. The molecule has 4 nitrogen and oxygen atoms in total. The fourth-order valence-corrected chi connectivity index (χ4v) is 3.35. The molecule has 3 heterocycles. The zero-order valence-corrected chi connectivity index (χ0v) is 11.5. The van der Waals surface area contributed by atoms with Gasteiger partial charge in [-0.25, -0.2) is 4.98 Å². The second kappa shape index (κ2) is 5.88. The summed E-state index contributed by atoms with van der Waals surface area (Å²) in [6.45, 7) is 4.71. The van der Waals surface area contributed by atoms with E-state index in [0.717, 1.165) is 24.5 Å². The van der Waals surface area contributed by atoms with Gasteiger partial charge in [-0.2, -0.15) is 0 Å². The van der Waals surface area contributed by atoms with Gasteiger partial charge in [-0.3, -0.25) is 4.90 Å². The van der Waals surface area contributed by atoms with Gasteiger partial charge in [0.05, 0.1) is 6.61 Å². The Hall–Kier alpha value is -1.13. The number of anilines is 1. The van der Waals surface area contributed by atoms with E-state index in [1.54, 1.807) is 0 Å². The molecule has 19 heavy (non-hydrogen) atoms. The monoisotopic (exact) mass is 261 g/mol. The van der Waals surface area contributed by atoms with E-state index in [2.05, 4.69) is 14.8 Å². The van der Waals surface area contributed by atoms with E-state index in [4.69, 9.17) is 0 Å². The number of pyridine rings is 1. The first-order chi connectivity index (χ1) is 9.38. The van der Waals surface area contributed by atoms with Crippen LogP contribution in [0, 0.1) is 0 Å². The molecule has 2 saturated heterocycles. The summed E-state index contributed by atoms with van der Waals surface area (Å²) < 4.78 is 0. The Balaban J connectivity index is 1.67. The van der Waals surface area contributed by atoms with Crippen molar-refractivity contribution >= 4 is 5.82 Å². The van der Waals surface area contributed by atoms with Crippen LogP contribution in [-0.2, 0) is 6.61 Å². The number of aliphatic hydroxyl groups is 1. The highest BCUT2D eigenvalue weighted by Gasteiger charge is 2.29. The van der Waals surface area contributed by atoms with Gasteiger partial charge in [0.15, 0.2) is 0 Å². The Morgan fingerprint density at radius 3 is 2.84 bits per heavy atom. The molecular weight excluding hydrogens is 238 g/mol. The molecule has 4 heteroatoms. The van der Waals surface area contributed by atoms with Gasteiger partial charge < -0.3 is 10.0 Å². The lowest BCUT2D eigenvalue weighted by Gasteiger charge is -2.32. The molecule has 0 aliphatic carbocycles. The third-order valence-electron chi connectivity index (χ3n) is 4.41. The number of piperidine rings is 1. The van der Waals surface area contributed by atoms with E-state index < -0.39 is 0 Å². The maximum absolute atomic E-state index is 9.42. The van der Waals surface area contributed by atoms with Crippen LogP contribution in [0.3, 0.4) is 0 Å². The number of hydrogen-bond donors (Lipinski definition) is 1. The highest BCUT2D eigenvalue weighted by molar-refractivity contribution is 5.47. The van der Waals surface area contributed by atoms with Crippen LogP contribution < -0.4 is 4.90 Å². The van der Waals surface area contributed by atoms with Gasteiger partial charge in [-0.05, 0) is 38.4 Å². The SMILES string of the molecule is OCc1cccnc1N1CCC(N2CCCCC2)C1. The van der Waals surface area contributed by atoms with Crippen molar-refractivity contribution in [1.29, 1.82) is 0 Å². The predicted octanol–water partition coefficient (Wildman–Crippen LogP) is 1.64. The fraction of sp³-hybridized carbons (Fsp3) is 0.667. The summed E-state index contributed by atoms with van der Waals surface area (Å²) in [5.74, 6) is 0.976. The first-order valence-corrected chi connectivity index (χ1v) is 7.42. The van der Waals surface area contributed by atoms with Crippen molar-refractivity contribution in [2.45, 2.75) is 38.3 Å². The number of hydrogen-bond acceptors (Lipinski definition) is 4. The van der Waals surface area contributed by atoms with Crippen LogP contribution in [0.2, 0.25) is 0 Å². The van der Waals surface area contributed by atoms with Crippen molar-refractivity contribution in [3.8, 4) is 0 Å². The van der Waals surface area contributed by atoms with E-state index in [9.17, 15) is 5.11 Å². The lowest BCUT2D eigenvalue weighted by Crippen LogP contribution is -2.41. The molecule has 0 spiro atoms. The van der Waals surface area contributed by atoms with Crippen molar-refractivity contribution in [2.24, 2.45) is 0 Å². The predicted molar refractivity (Wildman–Crippen MR) is 76.2 cm³/mol. The summed E-state index contributed by atoms with van der Waals surface area (Å²) in [4.78, 5) is 9.44. The average Bonchev–Trinajstić information content (AvgIpc) is 2.98. The summed E-state index contributed by atoms with van der Waals surface area (Å²) >= 11 is 0. The van der Waals surface area contributed by atoms with E-state index in [-0.39, 0.29) is 6.61 Å². The highest BCUT2D eigenvalue weighted by Crippen LogP contribution is 2.26. The lowest BCUT2D eigenvalue weighted by atomic mass is 10.1. The second-order valence-corrected chi connectivity index (χ2v) is 5.63. The molecule has 1 atom stereocenters. The zero-order chi connectivity index (χ0) is 13.1. The lowest BCUT2D eigenvalue weighted by molar-refractivity contribution is 0.174. The molecule has 104 valence electrons. The molecule has 0 saturated carbocycles. The Morgan fingerprint density at radius 1 is 1.21 bits per heavy atom. The zero-order valence-electron chi connectivity index (χ0n) is 11.5. The van der Waals surface area contributed by atoms with Crippen LogP contribution in [0.25, 0.3) is 0 Å². The molecule has 1 unspecified atom stereocenters. The van der Waals surface area contributed by atoms with E-state index in [1.807, 2.05) is 18.3 Å². The van der Waals surface area contributed by atoms with Crippen LogP contribution in [0.5, 0.6) is 0 Å². The van der Waals surface area contributed by atoms with Crippen LogP contribution in [0.4, 0.5) is 5.82 Å². The normalized spacial score (nSPS) is 24.9. The maximum Gasteiger partial charge on any atom is 0.134 e. The summed E-state index contributed by atoms with van der Waals surface area (Å²) in [6.07, 6.45) is 7.13. The minimum atomic E-state index is 0.0774. The summed E-state index contributed by atoms with van der Waals surface area (Å²) in [7, 11) is 0. The van der Waals surface area contributed by atoms with Gasteiger partial charge in [0.1, 0.15) is 5.82 Å². The van der Waals surface area contributed by atoms with Gasteiger partial charge in [-0.15, -0.1) is 0 Å². The van der Waals surface area contributed by atoms with E-state index >= 15 is 0 Å².